The van der Waals surface area contributed by atoms with Gasteiger partial charge in [0.2, 0.25) is 0 Å². The molecule has 130 valence electrons. The Hall–Kier alpha value is -3.15. The van der Waals surface area contributed by atoms with Gasteiger partial charge in [-0.05, 0) is 17.5 Å². The van der Waals surface area contributed by atoms with Crippen molar-refractivity contribution in [2.75, 3.05) is 28.4 Å². The highest BCUT2D eigenvalue weighted by Crippen LogP contribution is 2.49. The van der Waals surface area contributed by atoms with Gasteiger partial charge in [-0.25, -0.2) is 4.79 Å². The first kappa shape index (κ1) is 16.7. The van der Waals surface area contributed by atoms with Crippen molar-refractivity contribution in [2.45, 2.75) is 0 Å². The largest absolute Gasteiger partial charge is 0.496 e. The molecule has 0 unspecified atom stereocenters. The minimum absolute atomic E-state index is 0.0900. The van der Waals surface area contributed by atoms with E-state index in [1.54, 1.807) is 7.11 Å². The van der Waals surface area contributed by atoms with E-state index in [1.807, 2.05) is 30.3 Å². The number of fused-ring (bicyclic) bond motifs is 3. The van der Waals surface area contributed by atoms with Crippen LogP contribution in [0.5, 0.6) is 23.0 Å². The van der Waals surface area contributed by atoms with E-state index in [-0.39, 0.29) is 17.1 Å². The molecule has 1 N–H and O–H groups in total. The maximum Gasteiger partial charge on any atom is 0.343 e. The van der Waals surface area contributed by atoms with Gasteiger partial charge < -0.3 is 24.1 Å². The zero-order valence-electron chi connectivity index (χ0n) is 14.4. The lowest BCUT2D eigenvalue weighted by Gasteiger charge is -2.19. The monoisotopic (exact) mass is 342 g/mol. The number of carboxylic acids is 1. The molecule has 6 heteroatoms. The van der Waals surface area contributed by atoms with Crippen molar-refractivity contribution < 1.29 is 28.8 Å². The lowest BCUT2D eigenvalue weighted by Crippen LogP contribution is -2.07. The number of benzene rings is 3. The van der Waals surface area contributed by atoms with Crippen LogP contribution in [0.2, 0.25) is 0 Å². The van der Waals surface area contributed by atoms with Gasteiger partial charge in [0.1, 0.15) is 17.1 Å². The third kappa shape index (κ3) is 2.38. The molecule has 0 aromatic heterocycles. The first-order valence-corrected chi connectivity index (χ1v) is 7.53. The second-order valence-electron chi connectivity index (χ2n) is 5.33. The van der Waals surface area contributed by atoms with Crippen molar-refractivity contribution in [3.05, 3.63) is 35.9 Å². The zero-order valence-corrected chi connectivity index (χ0v) is 14.4. The molecule has 0 radical (unpaired) electrons. The number of aromatic carboxylic acids is 1. The Balaban J connectivity index is 2.69. The van der Waals surface area contributed by atoms with E-state index in [0.717, 1.165) is 10.8 Å². The summed E-state index contributed by atoms with van der Waals surface area (Å²) in [6, 6.07) is 9.39. The van der Waals surface area contributed by atoms with Crippen molar-refractivity contribution in [3.63, 3.8) is 0 Å². The molecule has 3 rings (SSSR count). The smallest absolute Gasteiger partial charge is 0.343 e. The molecule has 0 spiro atoms. The van der Waals surface area contributed by atoms with Crippen molar-refractivity contribution in [3.8, 4) is 23.0 Å². The zero-order chi connectivity index (χ0) is 18.1. The van der Waals surface area contributed by atoms with Crippen LogP contribution in [0.25, 0.3) is 21.5 Å². The summed E-state index contributed by atoms with van der Waals surface area (Å²) in [7, 11) is 5.87. The highest BCUT2D eigenvalue weighted by Gasteiger charge is 2.28. The van der Waals surface area contributed by atoms with Gasteiger partial charge in [0.15, 0.2) is 11.5 Å². The third-order valence-electron chi connectivity index (χ3n) is 4.19. The van der Waals surface area contributed by atoms with Gasteiger partial charge in [0, 0.05) is 16.2 Å². The van der Waals surface area contributed by atoms with Gasteiger partial charge in [-0.15, -0.1) is 0 Å². The fourth-order valence-corrected chi connectivity index (χ4v) is 3.20. The molecule has 0 amide bonds. The summed E-state index contributed by atoms with van der Waals surface area (Å²) < 4.78 is 21.8. The number of hydrogen-bond donors (Lipinski definition) is 1. The van der Waals surface area contributed by atoms with E-state index in [0.29, 0.717) is 22.3 Å². The van der Waals surface area contributed by atoms with E-state index >= 15 is 0 Å². The Morgan fingerprint density at radius 1 is 0.800 bits per heavy atom. The predicted octanol–water partition coefficient (Wildman–Crippen LogP) is 3.73. The Morgan fingerprint density at radius 2 is 1.48 bits per heavy atom. The van der Waals surface area contributed by atoms with E-state index in [9.17, 15) is 9.90 Å². The Bertz CT molecular complexity index is 977. The average Bonchev–Trinajstić information content (AvgIpc) is 2.64. The minimum Gasteiger partial charge on any atom is -0.496 e. The molecule has 3 aromatic rings. The lowest BCUT2D eigenvalue weighted by atomic mass is 9.96. The molecule has 0 saturated heterocycles. The Morgan fingerprint density at radius 3 is 2.04 bits per heavy atom. The van der Waals surface area contributed by atoms with Crippen LogP contribution in [0.15, 0.2) is 30.3 Å². The lowest BCUT2D eigenvalue weighted by molar-refractivity contribution is 0.0689. The predicted molar refractivity (Wildman–Crippen MR) is 94.6 cm³/mol. The van der Waals surface area contributed by atoms with Crippen LogP contribution in [-0.4, -0.2) is 39.5 Å². The van der Waals surface area contributed by atoms with Gasteiger partial charge in [0.05, 0.1) is 28.4 Å². The number of hydrogen-bond acceptors (Lipinski definition) is 5. The third-order valence-corrected chi connectivity index (χ3v) is 4.19. The van der Waals surface area contributed by atoms with Crippen molar-refractivity contribution in [1.29, 1.82) is 0 Å². The second kappa shape index (κ2) is 6.39. The summed E-state index contributed by atoms with van der Waals surface area (Å²) in [5.41, 5.74) is -0.0900. The van der Waals surface area contributed by atoms with Crippen molar-refractivity contribution >= 4 is 27.5 Å². The highest BCUT2D eigenvalue weighted by atomic mass is 16.5. The molecule has 0 atom stereocenters. The molecule has 0 heterocycles. The Kier molecular flexibility index (Phi) is 4.27. The van der Waals surface area contributed by atoms with Crippen LogP contribution in [0.1, 0.15) is 10.4 Å². The highest BCUT2D eigenvalue weighted by molar-refractivity contribution is 6.19. The second-order valence-corrected chi connectivity index (χ2v) is 5.33. The maximum atomic E-state index is 11.9. The summed E-state index contributed by atoms with van der Waals surface area (Å²) in [5.74, 6) is 0.109. The molecule has 0 aliphatic heterocycles. The molecule has 6 nitrogen and oxygen atoms in total. The molecule has 0 aliphatic carbocycles. The van der Waals surface area contributed by atoms with Gasteiger partial charge in [0.25, 0.3) is 0 Å². The van der Waals surface area contributed by atoms with E-state index < -0.39 is 5.97 Å². The van der Waals surface area contributed by atoms with Gasteiger partial charge >= 0.3 is 5.97 Å². The summed E-state index contributed by atoms with van der Waals surface area (Å²) in [5, 5.41) is 12.7. The van der Waals surface area contributed by atoms with Gasteiger partial charge in [-0.1, -0.05) is 18.2 Å². The van der Waals surface area contributed by atoms with Crippen molar-refractivity contribution in [2.24, 2.45) is 0 Å². The quantitative estimate of drug-likeness (QED) is 0.712. The molecule has 0 aliphatic rings. The fraction of sp³-hybridized carbons (Fsp3) is 0.211. The van der Waals surface area contributed by atoms with Crippen LogP contribution in [0.4, 0.5) is 0 Å². The average molecular weight is 342 g/mol. The molecule has 0 fully saturated rings. The topological polar surface area (TPSA) is 74.2 Å². The van der Waals surface area contributed by atoms with E-state index in [4.69, 9.17) is 18.9 Å². The number of ether oxygens (including phenoxy) is 4. The number of carboxylic acid groups (broad SMARTS) is 1. The van der Waals surface area contributed by atoms with Crippen LogP contribution >= 0.6 is 0 Å². The summed E-state index contributed by atoms with van der Waals surface area (Å²) in [6.45, 7) is 0. The fourth-order valence-electron chi connectivity index (χ4n) is 3.20. The van der Waals surface area contributed by atoms with Crippen LogP contribution in [-0.2, 0) is 0 Å². The molecule has 0 saturated carbocycles. The molecular formula is C19H18O6. The minimum atomic E-state index is -1.17. The molecule has 0 bridgehead atoms. The van der Waals surface area contributed by atoms with Crippen LogP contribution < -0.4 is 18.9 Å². The van der Waals surface area contributed by atoms with Gasteiger partial charge in [-0.2, -0.15) is 0 Å². The molecule has 3 aromatic carbocycles. The van der Waals surface area contributed by atoms with E-state index in [1.165, 1.54) is 21.3 Å². The Labute approximate surface area is 144 Å². The van der Waals surface area contributed by atoms with E-state index in [2.05, 4.69) is 0 Å². The van der Waals surface area contributed by atoms with Gasteiger partial charge in [-0.3, -0.25) is 0 Å². The number of carbonyl (C=O) groups is 1. The first-order chi connectivity index (χ1) is 12.1. The van der Waals surface area contributed by atoms with Crippen molar-refractivity contribution in [1.82, 2.24) is 0 Å². The van der Waals surface area contributed by atoms with Crippen LogP contribution in [0, 0.1) is 0 Å². The van der Waals surface area contributed by atoms with Crippen LogP contribution in [0.3, 0.4) is 0 Å². The summed E-state index contributed by atoms with van der Waals surface area (Å²) in [4.78, 5) is 11.9. The first-order valence-electron chi connectivity index (χ1n) is 7.53. The SMILES string of the molecule is COc1c(C(=O)O)c(OC)c2c(ccc3cccc(OC)c32)c1OC. The maximum absolute atomic E-state index is 11.9. The number of methoxy groups -OCH3 is 4. The molecular weight excluding hydrogens is 324 g/mol. The standard InChI is InChI=1S/C19H18O6/c1-22-12-7-5-6-10-8-9-11-14(13(10)12)17(24-3)15(19(20)21)18(25-4)16(11)23-2/h5-9H,1-4H3,(H,20,21). The molecule has 25 heavy (non-hydrogen) atoms. The summed E-state index contributed by atoms with van der Waals surface area (Å²) in [6.07, 6.45) is 0. The number of rotatable bonds is 5. The summed E-state index contributed by atoms with van der Waals surface area (Å²) >= 11 is 0. The normalized spacial score (nSPS) is 10.7.